The molecule has 6 heteroatoms. The monoisotopic (exact) mass is 362 g/mol. The molecular formula is C19H23FN2O2S. The van der Waals surface area contributed by atoms with E-state index in [1.807, 2.05) is 19.1 Å². The third-order valence-corrected chi connectivity index (χ3v) is 5.82. The molecule has 0 aliphatic carbocycles. The van der Waals surface area contributed by atoms with E-state index in [-0.39, 0.29) is 18.0 Å². The average Bonchev–Trinajstić information content (AvgIpc) is 3.19. The first-order valence-electron chi connectivity index (χ1n) is 8.82. The molecular weight excluding hydrogens is 339 g/mol. The van der Waals surface area contributed by atoms with Crippen LogP contribution in [-0.2, 0) is 22.6 Å². The van der Waals surface area contributed by atoms with E-state index >= 15 is 0 Å². The molecule has 3 heterocycles. The van der Waals surface area contributed by atoms with Crippen LogP contribution in [0.15, 0.2) is 29.6 Å². The van der Waals surface area contributed by atoms with E-state index in [1.165, 1.54) is 12.1 Å². The van der Waals surface area contributed by atoms with Gasteiger partial charge in [-0.25, -0.2) is 9.37 Å². The van der Waals surface area contributed by atoms with E-state index in [2.05, 4.69) is 15.3 Å². The van der Waals surface area contributed by atoms with Crippen LogP contribution in [0.1, 0.15) is 29.1 Å². The maximum Gasteiger partial charge on any atom is 0.123 e. The molecule has 134 valence electrons. The Morgan fingerprint density at radius 1 is 1.36 bits per heavy atom. The van der Waals surface area contributed by atoms with Crippen LogP contribution in [0.25, 0.3) is 0 Å². The lowest BCUT2D eigenvalue weighted by Crippen LogP contribution is -2.41. The van der Waals surface area contributed by atoms with Crippen molar-refractivity contribution in [2.45, 2.75) is 51.2 Å². The number of ether oxygens (including phenoxy) is 2. The highest BCUT2D eigenvalue weighted by atomic mass is 32.1. The molecule has 0 N–H and O–H groups in total. The van der Waals surface area contributed by atoms with Crippen LogP contribution in [0, 0.1) is 12.7 Å². The van der Waals surface area contributed by atoms with Crippen molar-refractivity contribution in [2.75, 3.05) is 13.2 Å². The second-order valence-corrected chi connectivity index (χ2v) is 7.87. The van der Waals surface area contributed by atoms with Crippen LogP contribution in [-0.4, -0.2) is 41.3 Å². The standard InChI is InChI=1S/C19H23FN2O2S/c1-13-21-16(12-25-13)11-24-18-10-22(17-3-2-8-23-19(17)18)9-14-4-6-15(20)7-5-14/h4-7,12,17-19H,2-3,8-11H2,1H3/t17-,18-,19+/m1/s1. The Balaban J connectivity index is 1.42. The lowest BCUT2D eigenvalue weighted by Gasteiger charge is -2.32. The summed E-state index contributed by atoms with van der Waals surface area (Å²) in [6.07, 6.45) is 2.39. The molecule has 1 aromatic carbocycles. The summed E-state index contributed by atoms with van der Waals surface area (Å²) in [6, 6.07) is 7.15. The average molecular weight is 362 g/mol. The van der Waals surface area contributed by atoms with Gasteiger partial charge in [-0.2, -0.15) is 0 Å². The number of hydrogen-bond donors (Lipinski definition) is 0. The van der Waals surface area contributed by atoms with Crippen molar-refractivity contribution >= 4 is 11.3 Å². The number of benzene rings is 1. The molecule has 3 atom stereocenters. The molecule has 25 heavy (non-hydrogen) atoms. The highest BCUT2D eigenvalue weighted by Crippen LogP contribution is 2.32. The van der Waals surface area contributed by atoms with Crippen LogP contribution in [0.5, 0.6) is 0 Å². The van der Waals surface area contributed by atoms with Crippen molar-refractivity contribution in [3.63, 3.8) is 0 Å². The Hall–Kier alpha value is -1.34. The first-order chi connectivity index (χ1) is 12.2. The summed E-state index contributed by atoms with van der Waals surface area (Å²) in [4.78, 5) is 6.90. The molecule has 2 saturated heterocycles. The van der Waals surface area contributed by atoms with E-state index < -0.39 is 0 Å². The third kappa shape index (κ3) is 3.92. The van der Waals surface area contributed by atoms with Gasteiger partial charge >= 0.3 is 0 Å². The Bertz CT molecular complexity index is 706. The molecule has 4 nitrogen and oxygen atoms in total. The fourth-order valence-corrected chi connectivity index (χ4v) is 4.42. The lowest BCUT2D eigenvalue weighted by molar-refractivity contribution is -0.0823. The van der Waals surface area contributed by atoms with Crippen LogP contribution in [0.4, 0.5) is 4.39 Å². The zero-order valence-corrected chi connectivity index (χ0v) is 15.2. The molecule has 0 unspecified atom stereocenters. The molecule has 4 rings (SSSR count). The summed E-state index contributed by atoms with van der Waals surface area (Å²) in [6.45, 7) is 5.00. The second kappa shape index (κ2) is 7.50. The highest BCUT2D eigenvalue weighted by Gasteiger charge is 2.44. The van der Waals surface area contributed by atoms with E-state index in [9.17, 15) is 4.39 Å². The number of thiazole rings is 1. The van der Waals surface area contributed by atoms with Gasteiger partial charge in [0, 0.05) is 31.1 Å². The van der Waals surface area contributed by atoms with Gasteiger partial charge in [0.2, 0.25) is 0 Å². The summed E-state index contributed by atoms with van der Waals surface area (Å²) < 4.78 is 25.4. The summed E-state index contributed by atoms with van der Waals surface area (Å²) >= 11 is 1.65. The van der Waals surface area contributed by atoms with Gasteiger partial charge in [-0.3, -0.25) is 4.90 Å². The van der Waals surface area contributed by atoms with E-state index in [0.29, 0.717) is 12.6 Å². The molecule has 1 aromatic heterocycles. The zero-order valence-electron chi connectivity index (χ0n) is 14.4. The fraction of sp³-hybridized carbons (Fsp3) is 0.526. The number of aryl methyl sites for hydroxylation is 1. The first-order valence-corrected chi connectivity index (χ1v) is 9.70. The van der Waals surface area contributed by atoms with Crippen molar-refractivity contribution < 1.29 is 13.9 Å². The van der Waals surface area contributed by atoms with Gasteiger partial charge < -0.3 is 9.47 Å². The Kier molecular flexibility index (Phi) is 5.12. The minimum Gasteiger partial charge on any atom is -0.374 e. The number of halogens is 1. The molecule has 0 bridgehead atoms. The van der Waals surface area contributed by atoms with Crippen LogP contribution >= 0.6 is 11.3 Å². The smallest absolute Gasteiger partial charge is 0.123 e. The largest absolute Gasteiger partial charge is 0.374 e. The number of nitrogens with zero attached hydrogens (tertiary/aromatic N) is 2. The van der Waals surface area contributed by atoms with E-state index in [1.54, 1.807) is 11.3 Å². The quantitative estimate of drug-likeness (QED) is 0.815. The van der Waals surface area contributed by atoms with Crippen molar-refractivity contribution in [2.24, 2.45) is 0 Å². The maximum absolute atomic E-state index is 13.1. The van der Waals surface area contributed by atoms with Crippen molar-refractivity contribution in [1.82, 2.24) is 9.88 Å². The molecule has 2 aliphatic heterocycles. The molecule has 0 saturated carbocycles. The molecule has 0 amide bonds. The normalized spacial score (nSPS) is 26.7. The second-order valence-electron chi connectivity index (χ2n) is 6.81. The van der Waals surface area contributed by atoms with Crippen LogP contribution < -0.4 is 0 Å². The number of likely N-dealkylation sites (tertiary alicyclic amines) is 1. The Labute approximate surface area is 151 Å². The molecule has 2 fully saturated rings. The number of rotatable bonds is 5. The van der Waals surface area contributed by atoms with Gasteiger partial charge in [0.05, 0.1) is 23.4 Å². The minimum absolute atomic E-state index is 0.0627. The fourth-order valence-electron chi connectivity index (χ4n) is 3.82. The maximum atomic E-state index is 13.1. The van der Waals surface area contributed by atoms with Crippen LogP contribution in [0.2, 0.25) is 0 Å². The molecule has 0 radical (unpaired) electrons. The number of hydrogen-bond acceptors (Lipinski definition) is 5. The van der Waals surface area contributed by atoms with Crippen molar-refractivity contribution in [1.29, 1.82) is 0 Å². The van der Waals surface area contributed by atoms with Crippen LogP contribution in [0.3, 0.4) is 0 Å². The minimum atomic E-state index is -0.191. The van der Waals surface area contributed by atoms with E-state index in [4.69, 9.17) is 9.47 Å². The van der Waals surface area contributed by atoms with Gasteiger partial charge in [-0.1, -0.05) is 12.1 Å². The SMILES string of the molecule is Cc1nc(CO[C@@H]2CN(Cc3ccc(F)cc3)[C@@H]3CCCO[C@@H]32)cs1. The molecule has 0 spiro atoms. The first kappa shape index (κ1) is 17.1. The molecule has 2 aliphatic rings. The van der Waals surface area contributed by atoms with Gasteiger partial charge in [0.25, 0.3) is 0 Å². The van der Waals surface area contributed by atoms with Gasteiger partial charge in [0.1, 0.15) is 11.9 Å². The van der Waals surface area contributed by atoms with E-state index in [0.717, 1.165) is 48.8 Å². The summed E-state index contributed by atoms with van der Waals surface area (Å²) in [7, 11) is 0. The van der Waals surface area contributed by atoms with Gasteiger partial charge in [-0.05, 0) is 37.5 Å². The number of aromatic nitrogens is 1. The third-order valence-electron chi connectivity index (χ3n) is 4.99. The molecule has 2 aromatic rings. The van der Waals surface area contributed by atoms with Gasteiger partial charge in [0.15, 0.2) is 0 Å². The Morgan fingerprint density at radius 2 is 2.20 bits per heavy atom. The van der Waals surface area contributed by atoms with Crippen molar-refractivity contribution in [3.8, 4) is 0 Å². The lowest BCUT2D eigenvalue weighted by atomic mass is 10.0. The summed E-state index contributed by atoms with van der Waals surface area (Å²) in [5.74, 6) is -0.191. The summed E-state index contributed by atoms with van der Waals surface area (Å²) in [5, 5.41) is 3.12. The van der Waals surface area contributed by atoms with Gasteiger partial charge in [-0.15, -0.1) is 11.3 Å². The summed E-state index contributed by atoms with van der Waals surface area (Å²) in [5.41, 5.74) is 2.12. The zero-order chi connectivity index (χ0) is 17.2. The highest BCUT2D eigenvalue weighted by molar-refractivity contribution is 7.09. The Morgan fingerprint density at radius 3 is 2.96 bits per heavy atom. The number of fused-ring (bicyclic) bond motifs is 1. The predicted octanol–water partition coefficient (Wildman–Crippen LogP) is 3.54. The van der Waals surface area contributed by atoms with Crippen molar-refractivity contribution in [3.05, 3.63) is 51.7 Å². The topological polar surface area (TPSA) is 34.6 Å². The predicted molar refractivity (Wildman–Crippen MR) is 95.0 cm³/mol.